The van der Waals surface area contributed by atoms with Crippen molar-refractivity contribution in [2.75, 3.05) is 17.5 Å². The molecule has 3 aromatic carbocycles. The molecule has 0 fully saturated rings. The van der Waals surface area contributed by atoms with Gasteiger partial charge in [0.2, 0.25) is 0 Å². The maximum absolute atomic E-state index is 13.5. The molecule has 0 bridgehead atoms. The summed E-state index contributed by atoms with van der Waals surface area (Å²) < 4.78 is 33.5. The number of hydrogen-bond acceptors (Lipinski definition) is 7. The van der Waals surface area contributed by atoms with E-state index in [1.54, 1.807) is 25.1 Å². The Kier molecular flexibility index (Phi) is 8.39. The molecule has 0 aliphatic rings. The molecule has 0 heterocycles. The number of para-hydroxylation sites is 2. The monoisotopic (exact) mass is 516 g/mol. The Labute approximate surface area is 207 Å². The number of benzene rings is 3. The van der Waals surface area contributed by atoms with Crippen LogP contribution in [0.2, 0.25) is 5.02 Å². The van der Waals surface area contributed by atoms with Crippen molar-refractivity contribution >= 4 is 45.1 Å². The van der Waals surface area contributed by atoms with Crippen molar-refractivity contribution < 1.29 is 22.9 Å². The number of nitro groups is 1. The van der Waals surface area contributed by atoms with Crippen LogP contribution in [-0.4, -0.2) is 38.6 Å². The van der Waals surface area contributed by atoms with Gasteiger partial charge in [0.05, 0.1) is 28.3 Å². The number of sulfonamides is 1. The van der Waals surface area contributed by atoms with Crippen molar-refractivity contribution in [1.82, 2.24) is 5.43 Å². The first-order valence-corrected chi connectivity index (χ1v) is 12.1. The first kappa shape index (κ1) is 25.7. The second-order valence-corrected chi connectivity index (χ2v) is 9.31. The highest BCUT2D eigenvalue weighted by atomic mass is 35.5. The third kappa shape index (κ3) is 6.55. The molecule has 0 aromatic heterocycles. The summed E-state index contributed by atoms with van der Waals surface area (Å²) in [5.74, 6) is -0.429. The van der Waals surface area contributed by atoms with Crippen LogP contribution in [-0.2, 0) is 14.8 Å². The molecule has 1 amide bonds. The fourth-order valence-corrected chi connectivity index (χ4v) is 4.56. The molecule has 0 atom stereocenters. The quantitative estimate of drug-likeness (QED) is 0.246. The molecule has 35 heavy (non-hydrogen) atoms. The van der Waals surface area contributed by atoms with Crippen LogP contribution in [0.25, 0.3) is 0 Å². The van der Waals surface area contributed by atoms with Crippen LogP contribution in [0.4, 0.5) is 11.4 Å². The molecule has 0 saturated heterocycles. The molecule has 3 aromatic rings. The number of anilines is 1. The fourth-order valence-electron chi connectivity index (χ4n) is 3.00. The highest BCUT2D eigenvalue weighted by molar-refractivity contribution is 7.92. The minimum Gasteiger partial charge on any atom is -0.492 e. The number of hydrazone groups is 1. The number of ether oxygens (including phenoxy) is 1. The number of halogens is 1. The zero-order valence-electron chi connectivity index (χ0n) is 18.5. The first-order valence-electron chi connectivity index (χ1n) is 10.3. The normalized spacial score (nSPS) is 11.3. The first-order chi connectivity index (χ1) is 16.7. The van der Waals surface area contributed by atoms with E-state index in [0.717, 1.165) is 4.31 Å². The van der Waals surface area contributed by atoms with E-state index in [4.69, 9.17) is 16.3 Å². The summed E-state index contributed by atoms with van der Waals surface area (Å²) in [6, 6.07) is 17.6. The standard InChI is InChI=1S/C23H21ClN4O6S/c1-2-34-22-6-4-3-5-21(22)27(35(32,33)20-13-9-18(24)10-14-20)16-23(29)26-25-15-17-7-11-19(12-8-17)28(30)31/h3-15H,2,16H2,1H3,(H,26,29)/b25-15-. The Hall–Kier alpha value is -3.96. The predicted molar refractivity (Wildman–Crippen MR) is 132 cm³/mol. The van der Waals surface area contributed by atoms with Crippen LogP contribution in [0, 0.1) is 10.1 Å². The summed E-state index contributed by atoms with van der Waals surface area (Å²) >= 11 is 5.90. The minimum atomic E-state index is -4.18. The number of nitrogens with zero attached hydrogens (tertiary/aromatic N) is 3. The van der Waals surface area contributed by atoms with Gasteiger partial charge < -0.3 is 4.74 Å². The van der Waals surface area contributed by atoms with E-state index in [-0.39, 0.29) is 28.6 Å². The average molecular weight is 517 g/mol. The Morgan fingerprint density at radius 2 is 1.77 bits per heavy atom. The second kappa shape index (κ2) is 11.4. The smallest absolute Gasteiger partial charge is 0.269 e. The third-order valence-electron chi connectivity index (χ3n) is 4.63. The molecule has 12 heteroatoms. The van der Waals surface area contributed by atoms with Gasteiger partial charge in [-0.3, -0.25) is 19.2 Å². The van der Waals surface area contributed by atoms with E-state index in [2.05, 4.69) is 10.5 Å². The van der Waals surface area contributed by atoms with E-state index in [1.807, 2.05) is 0 Å². The van der Waals surface area contributed by atoms with Gasteiger partial charge in [-0.2, -0.15) is 5.10 Å². The maximum Gasteiger partial charge on any atom is 0.269 e. The van der Waals surface area contributed by atoms with Crippen LogP contribution in [0.15, 0.2) is 82.8 Å². The summed E-state index contributed by atoms with van der Waals surface area (Å²) in [6.07, 6.45) is 1.29. The van der Waals surface area contributed by atoms with Crippen molar-refractivity contribution in [2.24, 2.45) is 5.10 Å². The van der Waals surface area contributed by atoms with Crippen molar-refractivity contribution in [3.63, 3.8) is 0 Å². The number of non-ortho nitro benzene ring substituents is 1. The summed E-state index contributed by atoms with van der Waals surface area (Å²) in [7, 11) is -4.18. The Morgan fingerprint density at radius 1 is 1.11 bits per heavy atom. The largest absolute Gasteiger partial charge is 0.492 e. The molecule has 0 radical (unpaired) electrons. The lowest BCUT2D eigenvalue weighted by Gasteiger charge is -2.25. The number of nitrogens with one attached hydrogen (secondary N) is 1. The van der Waals surface area contributed by atoms with Gasteiger partial charge in [-0.05, 0) is 61.0 Å². The van der Waals surface area contributed by atoms with E-state index < -0.39 is 27.4 Å². The van der Waals surface area contributed by atoms with Gasteiger partial charge in [-0.25, -0.2) is 13.8 Å². The number of carbonyl (C=O) groups is 1. The topological polar surface area (TPSA) is 131 Å². The molecule has 0 spiro atoms. The number of nitro benzene ring substituents is 1. The molecular formula is C23H21ClN4O6S. The lowest BCUT2D eigenvalue weighted by Crippen LogP contribution is -2.39. The van der Waals surface area contributed by atoms with Gasteiger partial charge in [-0.15, -0.1) is 0 Å². The van der Waals surface area contributed by atoms with Crippen molar-refractivity contribution in [3.8, 4) is 5.75 Å². The lowest BCUT2D eigenvalue weighted by atomic mass is 10.2. The number of hydrogen-bond donors (Lipinski definition) is 1. The molecule has 0 aliphatic carbocycles. The van der Waals surface area contributed by atoms with Crippen LogP contribution in [0.1, 0.15) is 12.5 Å². The summed E-state index contributed by atoms with van der Waals surface area (Å²) in [5, 5.41) is 14.9. The van der Waals surface area contributed by atoms with E-state index in [1.165, 1.54) is 60.8 Å². The zero-order valence-corrected chi connectivity index (χ0v) is 20.1. The van der Waals surface area contributed by atoms with Gasteiger partial charge in [-0.1, -0.05) is 23.7 Å². The SMILES string of the molecule is CCOc1ccccc1N(CC(=O)N/N=C\c1ccc([N+](=O)[O-])cc1)S(=O)(=O)c1ccc(Cl)cc1. The van der Waals surface area contributed by atoms with Crippen LogP contribution >= 0.6 is 11.6 Å². The Bertz CT molecular complexity index is 1330. The van der Waals surface area contributed by atoms with Crippen molar-refractivity contribution in [2.45, 2.75) is 11.8 Å². The highest BCUT2D eigenvalue weighted by Crippen LogP contribution is 2.32. The van der Waals surface area contributed by atoms with E-state index in [0.29, 0.717) is 10.6 Å². The molecule has 182 valence electrons. The zero-order chi connectivity index (χ0) is 25.4. The molecule has 0 unspecified atom stereocenters. The Morgan fingerprint density at radius 3 is 2.40 bits per heavy atom. The maximum atomic E-state index is 13.5. The third-order valence-corrected chi connectivity index (χ3v) is 6.66. The predicted octanol–water partition coefficient (Wildman–Crippen LogP) is 3.99. The second-order valence-electron chi connectivity index (χ2n) is 7.01. The van der Waals surface area contributed by atoms with Gasteiger partial charge in [0.25, 0.3) is 21.6 Å². The number of rotatable bonds is 10. The molecule has 0 saturated carbocycles. The van der Waals surface area contributed by atoms with Crippen LogP contribution in [0.5, 0.6) is 5.75 Å². The molecule has 10 nitrogen and oxygen atoms in total. The minimum absolute atomic E-state index is 0.0598. The number of carbonyl (C=O) groups excluding carboxylic acids is 1. The Balaban J connectivity index is 1.86. The molecular weight excluding hydrogens is 496 g/mol. The molecule has 1 N–H and O–H groups in total. The summed E-state index contributed by atoms with van der Waals surface area (Å²) in [5.41, 5.74) is 2.88. The molecule has 3 rings (SSSR count). The fraction of sp³-hybridized carbons (Fsp3) is 0.130. The molecule has 0 aliphatic heterocycles. The average Bonchev–Trinajstić information content (AvgIpc) is 2.84. The summed E-state index contributed by atoms with van der Waals surface area (Å²) in [4.78, 5) is 22.8. The highest BCUT2D eigenvalue weighted by Gasteiger charge is 2.29. The van der Waals surface area contributed by atoms with E-state index >= 15 is 0 Å². The number of amides is 1. The van der Waals surface area contributed by atoms with Crippen LogP contribution in [0.3, 0.4) is 0 Å². The van der Waals surface area contributed by atoms with Crippen molar-refractivity contribution in [1.29, 1.82) is 0 Å². The van der Waals surface area contributed by atoms with Gasteiger partial charge in [0, 0.05) is 17.2 Å². The van der Waals surface area contributed by atoms with Gasteiger partial charge in [0.15, 0.2) is 0 Å². The van der Waals surface area contributed by atoms with E-state index in [9.17, 15) is 23.3 Å². The van der Waals surface area contributed by atoms with Gasteiger partial charge in [0.1, 0.15) is 12.3 Å². The van der Waals surface area contributed by atoms with Crippen LogP contribution < -0.4 is 14.5 Å². The van der Waals surface area contributed by atoms with Crippen molar-refractivity contribution in [3.05, 3.63) is 93.5 Å². The summed E-state index contributed by atoms with van der Waals surface area (Å²) in [6.45, 7) is 1.46. The van der Waals surface area contributed by atoms with Gasteiger partial charge >= 0.3 is 0 Å². The lowest BCUT2D eigenvalue weighted by molar-refractivity contribution is -0.384.